The summed E-state index contributed by atoms with van der Waals surface area (Å²) in [4.78, 5) is 0. The zero-order chi connectivity index (χ0) is 30.3. The van der Waals surface area contributed by atoms with E-state index in [1.165, 1.54) is 0 Å². The van der Waals surface area contributed by atoms with Crippen LogP contribution < -0.4 is 23.7 Å². The van der Waals surface area contributed by atoms with Gasteiger partial charge in [-0.15, -0.1) is 0 Å². The average Bonchev–Trinajstić information content (AvgIpc) is 3.49. The molecule has 3 aromatic rings. The number of hydrogen-bond donors (Lipinski definition) is 0. The molecule has 43 heavy (non-hydrogen) atoms. The summed E-state index contributed by atoms with van der Waals surface area (Å²) in [7, 11) is 6.32. The molecule has 0 amide bonds. The van der Waals surface area contributed by atoms with Crippen molar-refractivity contribution in [1.29, 1.82) is 0 Å². The van der Waals surface area contributed by atoms with Crippen LogP contribution in [-0.4, -0.2) is 59.6 Å². The lowest BCUT2D eigenvalue weighted by molar-refractivity contribution is -0.269. The van der Waals surface area contributed by atoms with Crippen molar-refractivity contribution in [3.8, 4) is 28.7 Å². The minimum absolute atomic E-state index is 0.110. The van der Waals surface area contributed by atoms with Crippen molar-refractivity contribution in [2.24, 2.45) is 0 Å². The maximum Gasteiger partial charge on any atom is 0.185 e. The lowest BCUT2D eigenvalue weighted by Gasteiger charge is -2.45. The Kier molecular flexibility index (Phi) is 8.12. The highest BCUT2D eigenvalue weighted by Crippen LogP contribution is 2.54. The molecular weight excluding hydrogens is 559 g/mol. The Balaban J connectivity index is 1.41. The normalized spacial score (nSPS) is 24.2. The topological polar surface area (TPSA) is 83.1 Å². The maximum absolute atomic E-state index is 16.6. The van der Waals surface area contributed by atoms with Gasteiger partial charge < -0.3 is 42.6 Å². The number of methoxy groups -OCH3 is 4. The standard InChI is InChI=1S/C33H37FO9/c1-33(2,40-17-35-3)28-14-22-23(41-28)12-11-20(30(22)34)31-29-21-13-25(37-5)26(38-6)15-24(21)39-16-27(29)42-32(43-31)18-7-9-19(36-4)10-8-18/h7-13,15,27-29,31-32H,14,16-17H2,1-6H3/t27-,28-,29+,31+,32-/m1/s1. The van der Waals surface area contributed by atoms with E-state index in [-0.39, 0.29) is 19.2 Å². The minimum Gasteiger partial charge on any atom is -0.497 e. The number of benzene rings is 3. The largest absolute Gasteiger partial charge is 0.497 e. The molecule has 3 heterocycles. The van der Waals surface area contributed by atoms with E-state index in [0.29, 0.717) is 46.3 Å². The third-order valence-corrected chi connectivity index (χ3v) is 8.48. The molecule has 0 saturated carbocycles. The maximum atomic E-state index is 16.6. The summed E-state index contributed by atoms with van der Waals surface area (Å²) in [6.45, 7) is 4.18. The molecule has 0 bridgehead atoms. The summed E-state index contributed by atoms with van der Waals surface area (Å²) in [6, 6.07) is 14.6. The summed E-state index contributed by atoms with van der Waals surface area (Å²) in [5, 5.41) is 0. The predicted molar refractivity (Wildman–Crippen MR) is 154 cm³/mol. The molecule has 0 unspecified atom stereocenters. The molecule has 3 aliphatic heterocycles. The fraction of sp³-hybridized carbons (Fsp3) is 0.455. The number of hydrogen-bond acceptors (Lipinski definition) is 9. The third-order valence-electron chi connectivity index (χ3n) is 8.48. The van der Waals surface area contributed by atoms with E-state index >= 15 is 4.39 Å². The van der Waals surface area contributed by atoms with Gasteiger partial charge in [-0.2, -0.15) is 0 Å². The van der Waals surface area contributed by atoms with E-state index in [4.69, 9.17) is 42.6 Å². The Morgan fingerprint density at radius 3 is 2.30 bits per heavy atom. The van der Waals surface area contributed by atoms with E-state index in [2.05, 4.69) is 0 Å². The first kappa shape index (κ1) is 29.5. The van der Waals surface area contributed by atoms with Crippen LogP contribution in [-0.2, 0) is 25.4 Å². The molecule has 1 saturated heterocycles. The van der Waals surface area contributed by atoms with Crippen LogP contribution >= 0.6 is 0 Å². The Bertz CT molecular complexity index is 1460. The highest BCUT2D eigenvalue weighted by atomic mass is 19.1. The molecule has 6 rings (SSSR count). The summed E-state index contributed by atoms with van der Waals surface area (Å²) >= 11 is 0. The van der Waals surface area contributed by atoms with Crippen molar-refractivity contribution in [3.63, 3.8) is 0 Å². The van der Waals surface area contributed by atoms with Crippen molar-refractivity contribution in [2.45, 2.75) is 56.4 Å². The Hall–Kier alpha value is -3.57. The average molecular weight is 597 g/mol. The second-order valence-electron chi connectivity index (χ2n) is 11.3. The van der Waals surface area contributed by atoms with E-state index in [0.717, 1.165) is 11.1 Å². The van der Waals surface area contributed by atoms with Crippen LogP contribution in [0.15, 0.2) is 48.5 Å². The minimum atomic E-state index is -0.763. The molecule has 3 aliphatic rings. The third kappa shape index (κ3) is 5.37. The van der Waals surface area contributed by atoms with E-state index in [9.17, 15) is 0 Å². The number of ether oxygens (including phenoxy) is 9. The van der Waals surface area contributed by atoms with Gasteiger partial charge in [0, 0.05) is 47.8 Å². The molecule has 3 aromatic carbocycles. The van der Waals surface area contributed by atoms with Gasteiger partial charge in [-0.1, -0.05) is 12.1 Å². The first-order valence-corrected chi connectivity index (χ1v) is 14.2. The molecule has 9 nitrogen and oxygen atoms in total. The van der Waals surface area contributed by atoms with E-state index in [1.54, 1.807) is 40.6 Å². The van der Waals surface area contributed by atoms with Crippen molar-refractivity contribution in [3.05, 3.63) is 76.6 Å². The van der Waals surface area contributed by atoms with Gasteiger partial charge in [0.2, 0.25) is 0 Å². The number of fused-ring (bicyclic) bond motifs is 4. The Morgan fingerprint density at radius 2 is 1.60 bits per heavy atom. The quantitative estimate of drug-likeness (QED) is 0.281. The monoisotopic (exact) mass is 596 g/mol. The first-order chi connectivity index (χ1) is 20.8. The van der Waals surface area contributed by atoms with Gasteiger partial charge in [-0.25, -0.2) is 4.39 Å². The van der Waals surface area contributed by atoms with Crippen LogP contribution in [0.25, 0.3) is 0 Å². The zero-order valence-electron chi connectivity index (χ0n) is 25.2. The molecule has 1 fully saturated rings. The summed E-state index contributed by atoms with van der Waals surface area (Å²) < 4.78 is 69.5. The van der Waals surface area contributed by atoms with E-state index in [1.807, 2.05) is 50.2 Å². The van der Waals surface area contributed by atoms with Gasteiger partial charge in [0.15, 0.2) is 17.8 Å². The molecule has 5 atom stereocenters. The predicted octanol–water partition coefficient (Wildman–Crippen LogP) is 5.89. The van der Waals surface area contributed by atoms with Crippen LogP contribution in [0.3, 0.4) is 0 Å². The Labute approximate surface area is 250 Å². The van der Waals surface area contributed by atoms with Gasteiger partial charge in [0.1, 0.15) is 54.3 Å². The summed E-state index contributed by atoms with van der Waals surface area (Å²) in [5.74, 6) is 2.12. The smallest absolute Gasteiger partial charge is 0.185 e. The fourth-order valence-electron chi connectivity index (χ4n) is 6.03. The summed E-state index contributed by atoms with van der Waals surface area (Å²) in [5.41, 5.74) is 1.78. The van der Waals surface area contributed by atoms with Crippen LogP contribution in [0.4, 0.5) is 4.39 Å². The van der Waals surface area contributed by atoms with Gasteiger partial charge in [-0.05, 0) is 44.2 Å². The van der Waals surface area contributed by atoms with Crippen molar-refractivity contribution in [1.82, 2.24) is 0 Å². The zero-order valence-corrected chi connectivity index (χ0v) is 25.2. The molecular formula is C33H37FO9. The van der Waals surface area contributed by atoms with Gasteiger partial charge in [-0.3, -0.25) is 0 Å². The van der Waals surface area contributed by atoms with Crippen LogP contribution in [0.1, 0.15) is 54.4 Å². The fourth-order valence-corrected chi connectivity index (χ4v) is 6.03. The van der Waals surface area contributed by atoms with Crippen molar-refractivity contribution >= 4 is 0 Å². The molecule has 10 heteroatoms. The lowest BCUT2D eigenvalue weighted by atomic mass is 9.81. The molecule has 0 spiro atoms. The molecule has 0 N–H and O–H groups in total. The number of rotatable bonds is 9. The van der Waals surface area contributed by atoms with Gasteiger partial charge in [0.05, 0.1) is 27.4 Å². The van der Waals surface area contributed by atoms with Crippen LogP contribution in [0.5, 0.6) is 28.7 Å². The molecule has 0 aromatic heterocycles. The SMILES string of the molecule is COCOC(C)(C)[C@H]1Cc2c(ccc([C@@H]3O[C@H](c4ccc(OC)cc4)O[C@@H]4COc5cc(OC)c(OC)cc5[C@@H]43)c2F)O1. The van der Waals surface area contributed by atoms with Crippen LogP contribution in [0, 0.1) is 5.82 Å². The van der Waals surface area contributed by atoms with Crippen molar-refractivity contribution < 1.29 is 47.0 Å². The highest BCUT2D eigenvalue weighted by molar-refractivity contribution is 5.54. The van der Waals surface area contributed by atoms with Gasteiger partial charge in [0.25, 0.3) is 0 Å². The van der Waals surface area contributed by atoms with Crippen LogP contribution in [0.2, 0.25) is 0 Å². The number of halogens is 1. The van der Waals surface area contributed by atoms with Gasteiger partial charge >= 0.3 is 0 Å². The molecule has 230 valence electrons. The lowest BCUT2D eigenvalue weighted by Crippen LogP contribution is -2.43. The van der Waals surface area contributed by atoms with E-state index < -0.39 is 36.1 Å². The molecule has 0 radical (unpaired) electrons. The van der Waals surface area contributed by atoms with Crippen molar-refractivity contribution in [2.75, 3.05) is 41.8 Å². The highest BCUT2D eigenvalue weighted by Gasteiger charge is 2.48. The second kappa shape index (κ2) is 11.8. The second-order valence-corrected chi connectivity index (χ2v) is 11.3. The Morgan fingerprint density at radius 1 is 0.860 bits per heavy atom. The molecule has 0 aliphatic carbocycles. The first-order valence-electron chi connectivity index (χ1n) is 14.2. The summed E-state index contributed by atoms with van der Waals surface area (Å²) in [6.07, 6.45) is -1.96.